The summed E-state index contributed by atoms with van der Waals surface area (Å²) in [6.45, 7) is 0. The summed E-state index contributed by atoms with van der Waals surface area (Å²) in [5, 5.41) is 8.56. The van der Waals surface area contributed by atoms with E-state index in [2.05, 4.69) is 16.0 Å². The maximum Gasteiger partial charge on any atom is 0.226 e. The van der Waals surface area contributed by atoms with E-state index in [1.165, 1.54) is 6.07 Å². The molecule has 4 N–H and O–H groups in total. The van der Waals surface area contributed by atoms with Gasteiger partial charge in [0.05, 0.1) is 12.5 Å². The average Bonchev–Trinajstić information content (AvgIpc) is 2.31. The molecule has 0 atom stereocenters. The molecule has 1 heterocycles. The molecule has 0 saturated heterocycles. The van der Waals surface area contributed by atoms with Crippen LogP contribution in [0, 0.1) is 11.3 Å². The van der Waals surface area contributed by atoms with Gasteiger partial charge >= 0.3 is 0 Å². The van der Waals surface area contributed by atoms with Gasteiger partial charge in [0.15, 0.2) is 0 Å². The monoisotopic (exact) mass is 241 g/mol. The van der Waals surface area contributed by atoms with Crippen LogP contribution in [0.4, 0.5) is 11.8 Å². The number of ether oxygens (including phenoxy) is 1. The molecule has 1 aromatic heterocycles. The number of benzene rings is 1. The largest absolute Gasteiger partial charge is 0.439 e. The van der Waals surface area contributed by atoms with E-state index < -0.39 is 0 Å². The Morgan fingerprint density at radius 2 is 1.89 bits per heavy atom. The van der Waals surface area contributed by atoms with Crippen LogP contribution >= 0.6 is 0 Å². The molecule has 0 aliphatic heterocycles. The molecule has 0 unspecified atom stereocenters. The van der Waals surface area contributed by atoms with Gasteiger partial charge in [-0.3, -0.25) is 0 Å². The lowest BCUT2D eigenvalue weighted by molar-refractivity contribution is 0.463. The lowest BCUT2D eigenvalue weighted by atomic mass is 10.2. The number of nitrogens with two attached hydrogens (primary N) is 2. The minimum absolute atomic E-state index is 0.0612. The van der Waals surface area contributed by atoms with Crippen LogP contribution in [0.25, 0.3) is 0 Å². The Hall–Kier alpha value is -2.81. The maximum atomic E-state index is 8.56. The molecule has 0 bridgehead atoms. The summed E-state index contributed by atoms with van der Waals surface area (Å²) in [6, 6.07) is 10.7. The predicted molar refractivity (Wildman–Crippen MR) is 66.7 cm³/mol. The van der Waals surface area contributed by atoms with E-state index in [9.17, 15) is 0 Å². The van der Waals surface area contributed by atoms with E-state index in [0.717, 1.165) is 5.56 Å². The van der Waals surface area contributed by atoms with E-state index in [4.69, 9.17) is 21.5 Å². The summed E-state index contributed by atoms with van der Waals surface area (Å²) >= 11 is 0. The molecule has 0 fully saturated rings. The van der Waals surface area contributed by atoms with Crippen molar-refractivity contribution in [2.75, 3.05) is 11.5 Å². The molecule has 0 aliphatic carbocycles. The van der Waals surface area contributed by atoms with Crippen LogP contribution in [0.2, 0.25) is 0 Å². The van der Waals surface area contributed by atoms with Gasteiger partial charge in [0.2, 0.25) is 11.8 Å². The first-order valence-electron chi connectivity index (χ1n) is 5.21. The average molecular weight is 241 g/mol. The molecule has 0 amide bonds. The predicted octanol–water partition coefficient (Wildman–Crippen LogP) is 1.50. The van der Waals surface area contributed by atoms with Gasteiger partial charge in [-0.25, -0.2) is 0 Å². The zero-order valence-corrected chi connectivity index (χ0v) is 9.50. The van der Waals surface area contributed by atoms with Gasteiger partial charge < -0.3 is 16.2 Å². The molecule has 90 valence electrons. The van der Waals surface area contributed by atoms with Crippen LogP contribution in [0.15, 0.2) is 30.3 Å². The third-order valence-corrected chi connectivity index (χ3v) is 2.17. The number of hydrogen-bond donors (Lipinski definition) is 2. The van der Waals surface area contributed by atoms with Gasteiger partial charge in [-0.05, 0) is 17.7 Å². The van der Waals surface area contributed by atoms with Gasteiger partial charge in [0.25, 0.3) is 0 Å². The fourth-order valence-electron chi connectivity index (χ4n) is 1.40. The van der Waals surface area contributed by atoms with Crippen molar-refractivity contribution >= 4 is 11.8 Å². The Kier molecular flexibility index (Phi) is 3.25. The van der Waals surface area contributed by atoms with Crippen molar-refractivity contribution in [3.63, 3.8) is 0 Å². The molecule has 1 aromatic carbocycles. The van der Waals surface area contributed by atoms with E-state index in [1.54, 1.807) is 12.1 Å². The topological polar surface area (TPSA) is 111 Å². The van der Waals surface area contributed by atoms with Gasteiger partial charge in [-0.1, -0.05) is 12.1 Å². The highest BCUT2D eigenvalue weighted by molar-refractivity contribution is 5.40. The summed E-state index contributed by atoms with van der Waals surface area (Å²) in [4.78, 5) is 7.64. The quantitative estimate of drug-likeness (QED) is 0.842. The van der Waals surface area contributed by atoms with E-state index >= 15 is 0 Å². The Morgan fingerprint density at radius 3 is 2.50 bits per heavy atom. The minimum atomic E-state index is 0.0612. The van der Waals surface area contributed by atoms with Crippen molar-refractivity contribution in [3.05, 3.63) is 35.9 Å². The summed E-state index contributed by atoms with van der Waals surface area (Å²) in [5.41, 5.74) is 11.9. The number of hydrogen-bond acceptors (Lipinski definition) is 6. The molecule has 0 radical (unpaired) electrons. The fourth-order valence-corrected chi connectivity index (χ4v) is 1.40. The van der Waals surface area contributed by atoms with Gasteiger partial charge in [0, 0.05) is 6.07 Å². The van der Waals surface area contributed by atoms with Crippen LogP contribution in [0.5, 0.6) is 11.6 Å². The van der Waals surface area contributed by atoms with Gasteiger partial charge in [0.1, 0.15) is 11.6 Å². The second-order valence-electron chi connectivity index (χ2n) is 3.57. The first-order chi connectivity index (χ1) is 8.67. The minimum Gasteiger partial charge on any atom is -0.439 e. The molecule has 0 saturated carbocycles. The third kappa shape index (κ3) is 2.86. The van der Waals surface area contributed by atoms with Crippen LogP contribution in [-0.2, 0) is 6.42 Å². The molecule has 2 aromatic rings. The molecule has 6 heteroatoms. The highest BCUT2D eigenvalue weighted by Crippen LogP contribution is 2.21. The summed E-state index contributed by atoms with van der Waals surface area (Å²) in [7, 11) is 0. The molecule has 0 aliphatic rings. The zero-order valence-electron chi connectivity index (χ0n) is 9.50. The molecule has 0 spiro atoms. The Bertz CT molecular complexity index is 568. The lowest BCUT2D eigenvalue weighted by Crippen LogP contribution is -2.00. The van der Waals surface area contributed by atoms with Crippen LogP contribution in [0.1, 0.15) is 5.56 Å². The normalized spacial score (nSPS) is 9.72. The van der Waals surface area contributed by atoms with Crippen molar-refractivity contribution in [2.45, 2.75) is 6.42 Å². The second kappa shape index (κ2) is 5.01. The Labute approximate surface area is 104 Å². The summed E-state index contributed by atoms with van der Waals surface area (Å²) in [6.07, 6.45) is 0.369. The van der Waals surface area contributed by atoms with E-state index in [0.29, 0.717) is 12.2 Å². The standard InChI is InChI=1S/C12H11N5O/c13-6-5-8-1-3-9(4-2-8)18-11-7-10(14)16-12(15)17-11/h1-4,7H,5H2,(H4,14,15,16,17). The Balaban J connectivity index is 2.16. The van der Waals surface area contributed by atoms with Crippen molar-refractivity contribution in [2.24, 2.45) is 0 Å². The molecule has 6 nitrogen and oxygen atoms in total. The van der Waals surface area contributed by atoms with E-state index in [1.807, 2.05) is 12.1 Å². The molecular weight excluding hydrogens is 230 g/mol. The van der Waals surface area contributed by atoms with Gasteiger partial charge in [-0.2, -0.15) is 15.2 Å². The van der Waals surface area contributed by atoms with Crippen LogP contribution < -0.4 is 16.2 Å². The summed E-state index contributed by atoms with van der Waals surface area (Å²) < 4.78 is 5.48. The number of nitrogen functional groups attached to an aromatic ring is 2. The number of aromatic nitrogens is 2. The second-order valence-corrected chi connectivity index (χ2v) is 3.57. The van der Waals surface area contributed by atoms with E-state index in [-0.39, 0.29) is 17.6 Å². The highest BCUT2D eigenvalue weighted by Gasteiger charge is 2.02. The summed E-state index contributed by atoms with van der Waals surface area (Å²) in [5.74, 6) is 1.19. The van der Waals surface area contributed by atoms with Crippen LogP contribution in [0.3, 0.4) is 0 Å². The Morgan fingerprint density at radius 1 is 1.17 bits per heavy atom. The van der Waals surface area contributed by atoms with Crippen molar-refractivity contribution < 1.29 is 4.74 Å². The molecule has 2 rings (SSSR count). The number of nitriles is 1. The van der Waals surface area contributed by atoms with Crippen molar-refractivity contribution in [1.29, 1.82) is 5.26 Å². The van der Waals surface area contributed by atoms with Crippen LogP contribution in [-0.4, -0.2) is 9.97 Å². The molecule has 18 heavy (non-hydrogen) atoms. The lowest BCUT2D eigenvalue weighted by Gasteiger charge is -2.06. The number of nitrogens with zero attached hydrogens (tertiary/aromatic N) is 3. The zero-order chi connectivity index (χ0) is 13.0. The highest BCUT2D eigenvalue weighted by atomic mass is 16.5. The van der Waals surface area contributed by atoms with Gasteiger partial charge in [-0.15, -0.1) is 0 Å². The van der Waals surface area contributed by atoms with Crippen molar-refractivity contribution in [1.82, 2.24) is 9.97 Å². The van der Waals surface area contributed by atoms with Crippen molar-refractivity contribution in [3.8, 4) is 17.7 Å². The molecular formula is C12H11N5O. The first kappa shape index (κ1) is 11.7. The third-order valence-electron chi connectivity index (χ3n) is 2.17. The number of rotatable bonds is 3. The smallest absolute Gasteiger partial charge is 0.226 e. The maximum absolute atomic E-state index is 8.56. The number of anilines is 2. The SMILES string of the molecule is N#CCc1ccc(Oc2cc(N)nc(N)n2)cc1. The first-order valence-corrected chi connectivity index (χ1v) is 5.21. The fraction of sp³-hybridized carbons (Fsp3) is 0.0833.